The molecular weight excluding hydrogens is 236 g/mol. The monoisotopic (exact) mass is 250 g/mol. The molecule has 1 aliphatic heterocycles. The average Bonchev–Trinajstić information content (AvgIpc) is 2.75. The van der Waals surface area contributed by atoms with Crippen LogP contribution in [0, 0.1) is 0 Å². The lowest BCUT2D eigenvalue weighted by Crippen LogP contribution is -2.19. The maximum atomic E-state index is 10.9. The van der Waals surface area contributed by atoms with Gasteiger partial charge in [0.15, 0.2) is 0 Å². The molecule has 0 aromatic heterocycles. The van der Waals surface area contributed by atoms with E-state index in [2.05, 4.69) is 32.4 Å². The molecular formula is C12H14N2O2S. The normalized spacial score (nSPS) is 22.8. The van der Waals surface area contributed by atoms with Crippen LogP contribution in [0.5, 0.6) is 0 Å². The first kappa shape index (κ1) is 10.9. The van der Waals surface area contributed by atoms with Crippen LogP contribution in [0.3, 0.4) is 0 Å². The second-order valence-corrected chi connectivity index (χ2v) is 5.21. The van der Waals surface area contributed by atoms with E-state index in [9.17, 15) is 4.21 Å². The summed E-state index contributed by atoms with van der Waals surface area (Å²) in [6.07, 6.45) is 5.60. The van der Waals surface area contributed by atoms with E-state index in [0.717, 1.165) is 0 Å². The van der Waals surface area contributed by atoms with Crippen molar-refractivity contribution in [3.8, 4) is 0 Å². The third kappa shape index (κ3) is 2.40. The van der Waals surface area contributed by atoms with Crippen LogP contribution in [0.1, 0.15) is 29.5 Å². The zero-order valence-electron chi connectivity index (χ0n) is 9.44. The molecule has 1 atom stereocenters. The quantitative estimate of drug-likeness (QED) is 0.867. The molecule has 4 nitrogen and oxygen atoms in total. The Morgan fingerprint density at radius 3 is 2.88 bits per heavy atom. The van der Waals surface area contributed by atoms with Crippen molar-refractivity contribution in [1.82, 2.24) is 5.48 Å². The van der Waals surface area contributed by atoms with E-state index in [1.807, 2.05) is 0 Å². The number of rotatable bonds is 2. The molecule has 1 N–H and O–H groups in total. The molecule has 3 rings (SSSR count). The Kier molecular flexibility index (Phi) is 2.94. The number of benzene rings is 1. The van der Waals surface area contributed by atoms with Crippen molar-refractivity contribution < 1.29 is 8.49 Å². The van der Waals surface area contributed by atoms with Crippen molar-refractivity contribution in [3.63, 3.8) is 0 Å². The first-order valence-corrected chi connectivity index (χ1v) is 6.88. The lowest BCUT2D eigenvalue weighted by Gasteiger charge is -2.16. The fourth-order valence-corrected chi connectivity index (χ4v) is 2.86. The van der Waals surface area contributed by atoms with Gasteiger partial charge in [0.25, 0.3) is 0 Å². The number of hydrogen-bond acceptors (Lipinski definition) is 3. The molecule has 17 heavy (non-hydrogen) atoms. The highest BCUT2D eigenvalue weighted by atomic mass is 32.2. The molecule has 5 heteroatoms. The number of nitrogens with one attached hydrogen (secondary N) is 1. The molecule has 1 heterocycles. The molecule has 0 saturated heterocycles. The summed E-state index contributed by atoms with van der Waals surface area (Å²) in [6, 6.07) is 6.56. The Morgan fingerprint density at radius 2 is 2.12 bits per heavy atom. The first-order valence-electron chi connectivity index (χ1n) is 5.85. The zero-order chi connectivity index (χ0) is 11.7. The van der Waals surface area contributed by atoms with Gasteiger partial charge in [0.1, 0.15) is 5.84 Å². The minimum Gasteiger partial charge on any atom is -0.234 e. The smallest absolute Gasteiger partial charge is 0.234 e. The van der Waals surface area contributed by atoms with Crippen molar-refractivity contribution >= 4 is 17.1 Å². The highest BCUT2D eigenvalue weighted by Crippen LogP contribution is 2.22. The summed E-state index contributed by atoms with van der Waals surface area (Å²) in [5.41, 5.74) is 6.71. The van der Waals surface area contributed by atoms with Crippen molar-refractivity contribution in [3.05, 3.63) is 34.9 Å². The molecule has 1 aromatic carbocycles. The van der Waals surface area contributed by atoms with Crippen LogP contribution >= 0.6 is 0 Å². The van der Waals surface area contributed by atoms with Gasteiger partial charge in [-0.3, -0.25) is 0 Å². The van der Waals surface area contributed by atoms with Crippen molar-refractivity contribution in [2.75, 3.05) is 0 Å². The predicted molar refractivity (Wildman–Crippen MR) is 66.6 cm³/mol. The van der Waals surface area contributed by atoms with Gasteiger partial charge < -0.3 is 0 Å². The number of aryl methyl sites for hydroxylation is 2. The van der Waals surface area contributed by atoms with Gasteiger partial charge in [-0.1, -0.05) is 18.2 Å². The zero-order valence-corrected chi connectivity index (χ0v) is 10.3. The Labute approximate surface area is 103 Å². The number of amidine groups is 1. The topological polar surface area (TPSA) is 50.7 Å². The van der Waals surface area contributed by atoms with E-state index in [1.165, 1.54) is 42.4 Å². The molecule has 0 amide bonds. The Morgan fingerprint density at radius 1 is 1.29 bits per heavy atom. The van der Waals surface area contributed by atoms with Crippen LogP contribution in [0.2, 0.25) is 0 Å². The molecule has 0 spiro atoms. The van der Waals surface area contributed by atoms with Gasteiger partial charge in [0, 0.05) is 6.42 Å². The second-order valence-electron chi connectivity index (χ2n) is 4.43. The van der Waals surface area contributed by atoms with Gasteiger partial charge in [-0.25, -0.2) is 9.69 Å². The third-order valence-electron chi connectivity index (χ3n) is 3.20. The lowest BCUT2D eigenvalue weighted by atomic mass is 9.90. The maximum Gasteiger partial charge on any atom is 0.309 e. The fourth-order valence-electron chi connectivity index (χ4n) is 2.37. The van der Waals surface area contributed by atoms with E-state index in [4.69, 9.17) is 0 Å². The Hall–Kier alpha value is -1.20. The minimum absolute atomic E-state index is 0.638. The second kappa shape index (κ2) is 4.58. The van der Waals surface area contributed by atoms with Gasteiger partial charge in [0.05, 0.1) is 0 Å². The molecule has 1 aliphatic carbocycles. The van der Waals surface area contributed by atoms with Crippen LogP contribution in [0.25, 0.3) is 0 Å². The lowest BCUT2D eigenvalue weighted by molar-refractivity contribution is 0.303. The summed E-state index contributed by atoms with van der Waals surface area (Å²) in [5.74, 6) is 0.638. The van der Waals surface area contributed by atoms with Crippen LogP contribution in [-0.2, 0) is 34.8 Å². The summed E-state index contributed by atoms with van der Waals surface area (Å²) >= 11 is -1.55. The molecule has 2 aliphatic rings. The molecule has 1 unspecified atom stereocenters. The van der Waals surface area contributed by atoms with Crippen LogP contribution in [-0.4, -0.2) is 10.0 Å². The maximum absolute atomic E-state index is 10.9. The number of fused-ring (bicyclic) bond motifs is 1. The van der Waals surface area contributed by atoms with E-state index < -0.39 is 11.3 Å². The van der Waals surface area contributed by atoms with Crippen LogP contribution in [0.15, 0.2) is 22.6 Å². The standard InChI is InChI=1S/C12H14N2O2S/c15-17-14-12(13-16-17)8-9-5-6-10-3-1-2-4-11(10)7-9/h5-7H,1-4,8H2,(H,13,14). The molecule has 0 saturated carbocycles. The molecule has 0 fully saturated rings. The minimum atomic E-state index is -1.55. The van der Waals surface area contributed by atoms with Crippen molar-refractivity contribution in [2.24, 2.45) is 4.40 Å². The fraction of sp³-hybridized carbons (Fsp3) is 0.417. The van der Waals surface area contributed by atoms with Crippen molar-refractivity contribution in [1.29, 1.82) is 0 Å². The summed E-state index contributed by atoms with van der Waals surface area (Å²) < 4.78 is 19.4. The Bertz CT molecular complexity index is 499. The summed E-state index contributed by atoms with van der Waals surface area (Å²) in [7, 11) is 0. The SMILES string of the molecule is O=S1N=C(Cc2ccc3c(c2)CCCC3)NO1. The van der Waals surface area contributed by atoms with Crippen LogP contribution < -0.4 is 5.48 Å². The predicted octanol–water partition coefficient (Wildman–Crippen LogP) is 1.62. The van der Waals surface area contributed by atoms with Gasteiger partial charge in [-0.15, -0.1) is 4.40 Å². The van der Waals surface area contributed by atoms with Gasteiger partial charge in [-0.05, 0) is 42.4 Å². The number of hydrogen-bond donors (Lipinski definition) is 1. The van der Waals surface area contributed by atoms with Crippen LogP contribution in [0.4, 0.5) is 0 Å². The molecule has 1 aromatic rings. The summed E-state index contributed by atoms with van der Waals surface area (Å²) in [5, 5.41) is 0. The molecule has 0 bridgehead atoms. The number of nitrogens with zero attached hydrogens (tertiary/aromatic N) is 1. The Balaban J connectivity index is 1.80. The highest BCUT2D eigenvalue weighted by molar-refractivity contribution is 7.79. The summed E-state index contributed by atoms with van der Waals surface area (Å²) in [4.78, 5) is 0. The summed E-state index contributed by atoms with van der Waals surface area (Å²) in [6.45, 7) is 0. The van der Waals surface area contributed by atoms with E-state index in [-0.39, 0.29) is 0 Å². The van der Waals surface area contributed by atoms with E-state index >= 15 is 0 Å². The van der Waals surface area contributed by atoms with Crippen molar-refractivity contribution in [2.45, 2.75) is 32.1 Å². The number of hydroxylamine groups is 1. The molecule has 0 radical (unpaired) electrons. The third-order valence-corrected chi connectivity index (χ3v) is 3.80. The molecule has 90 valence electrons. The van der Waals surface area contributed by atoms with Gasteiger partial charge in [0.2, 0.25) is 0 Å². The van der Waals surface area contributed by atoms with Gasteiger partial charge >= 0.3 is 11.3 Å². The highest BCUT2D eigenvalue weighted by Gasteiger charge is 2.15. The first-order chi connectivity index (χ1) is 8.31. The van der Waals surface area contributed by atoms with Gasteiger partial charge in [-0.2, -0.15) is 4.28 Å². The van der Waals surface area contributed by atoms with E-state index in [0.29, 0.717) is 12.3 Å². The largest absolute Gasteiger partial charge is 0.309 e. The van der Waals surface area contributed by atoms with E-state index in [1.54, 1.807) is 0 Å². The average molecular weight is 250 g/mol.